The molecule has 1 aliphatic heterocycles. The predicted molar refractivity (Wildman–Crippen MR) is 88.3 cm³/mol. The molecular weight excluding hydrogens is 263 g/mol. The Balaban J connectivity index is 2.19. The monoisotopic (exact) mass is 292 g/mol. The average Bonchev–Trinajstić information content (AvgIpc) is 2.49. The molecule has 0 saturated carbocycles. The van der Waals surface area contributed by atoms with Crippen LogP contribution in [0.4, 0.5) is 10.1 Å². The maximum absolute atomic E-state index is 13.6. The molecule has 1 aromatic carbocycles. The molecule has 0 radical (unpaired) electrons. The standard InChI is InChI=1S/C18H29FN2/c1-3-7-17-8-5-6-12-21(17)18-10-9-16(19)13-15(18)14-20-11-4-2/h9-10,13,17,20H,3-8,11-12,14H2,1-2H3. The highest BCUT2D eigenvalue weighted by Crippen LogP contribution is 2.30. The second-order valence-electron chi connectivity index (χ2n) is 6.08. The summed E-state index contributed by atoms with van der Waals surface area (Å²) in [6.07, 6.45) is 7.40. The van der Waals surface area contributed by atoms with Crippen molar-refractivity contribution in [3.05, 3.63) is 29.6 Å². The molecule has 1 N–H and O–H groups in total. The highest BCUT2D eigenvalue weighted by molar-refractivity contribution is 5.55. The number of halogens is 1. The minimum Gasteiger partial charge on any atom is -0.368 e. The van der Waals surface area contributed by atoms with E-state index >= 15 is 0 Å². The molecule has 0 aliphatic carbocycles. The van der Waals surface area contributed by atoms with Crippen molar-refractivity contribution in [2.75, 3.05) is 18.0 Å². The maximum atomic E-state index is 13.6. The molecule has 2 rings (SSSR count). The van der Waals surface area contributed by atoms with Crippen molar-refractivity contribution in [1.82, 2.24) is 5.32 Å². The van der Waals surface area contributed by atoms with Gasteiger partial charge in [0.05, 0.1) is 0 Å². The van der Waals surface area contributed by atoms with Crippen molar-refractivity contribution in [3.8, 4) is 0 Å². The number of nitrogens with one attached hydrogen (secondary N) is 1. The van der Waals surface area contributed by atoms with E-state index in [1.165, 1.54) is 37.8 Å². The number of benzene rings is 1. The van der Waals surface area contributed by atoms with E-state index in [2.05, 4.69) is 24.1 Å². The molecule has 0 spiro atoms. The van der Waals surface area contributed by atoms with E-state index in [1.807, 2.05) is 6.07 Å². The van der Waals surface area contributed by atoms with Crippen LogP contribution in [0.25, 0.3) is 0 Å². The number of hydrogen-bond acceptors (Lipinski definition) is 2. The summed E-state index contributed by atoms with van der Waals surface area (Å²) in [7, 11) is 0. The largest absolute Gasteiger partial charge is 0.368 e. The molecule has 0 bridgehead atoms. The second-order valence-corrected chi connectivity index (χ2v) is 6.08. The lowest BCUT2D eigenvalue weighted by Gasteiger charge is -2.39. The van der Waals surface area contributed by atoms with E-state index in [1.54, 1.807) is 12.1 Å². The van der Waals surface area contributed by atoms with Crippen molar-refractivity contribution in [1.29, 1.82) is 0 Å². The van der Waals surface area contributed by atoms with Crippen LogP contribution in [-0.4, -0.2) is 19.1 Å². The number of nitrogens with zero attached hydrogens (tertiary/aromatic N) is 1. The number of rotatable bonds is 7. The van der Waals surface area contributed by atoms with Crippen LogP contribution in [0.15, 0.2) is 18.2 Å². The Morgan fingerprint density at radius 3 is 2.86 bits per heavy atom. The van der Waals surface area contributed by atoms with E-state index < -0.39 is 0 Å². The molecule has 1 atom stereocenters. The third-order valence-corrected chi connectivity index (χ3v) is 4.34. The number of hydrogen-bond donors (Lipinski definition) is 1. The zero-order valence-corrected chi connectivity index (χ0v) is 13.5. The molecular formula is C18H29FN2. The van der Waals surface area contributed by atoms with Gasteiger partial charge in [-0.1, -0.05) is 20.3 Å². The first-order chi connectivity index (χ1) is 10.3. The SMILES string of the molecule is CCCNCc1cc(F)ccc1N1CCCCC1CCC. The Bertz CT molecular complexity index is 431. The first-order valence-corrected chi connectivity index (χ1v) is 8.52. The van der Waals surface area contributed by atoms with Crippen LogP contribution >= 0.6 is 0 Å². The van der Waals surface area contributed by atoms with Gasteiger partial charge < -0.3 is 10.2 Å². The fraction of sp³-hybridized carbons (Fsp3) is 0.667. The van der Waals surface area contributed by atoms with Gasteiger partial charge in [0.2, 0.25) is 0 Å². The van der Waals surface area contributed by atoms with Crippen LogP contribution in [-0.2, 0) is 6.54 Å². The third kappa shape index (κ3) is 4.44. The first kappa shape index (κ1) is 16.3. The van der Waals surface area contributed by atoms with Crippen LogP contribution < -0.4 is 10.2 Å². The second kappa shape index (κ2) is 8.38. The molecule has 1 heterocycles. The summed E-state index contributed by atoms with van der Waals surface area (Å²) < 4.78 is 13.6. The first-order valence-electron chi connectivity index (χ1n) is 8.52. The van der Waals surface area contributed by atoms with Crippen LogP contribution in [0.3, 0.4) is 0 Å². The molecule has 118 valence electrons. The smallest absolute Gasteiger partial charge is 0.123 e. The molecule has 0 aromatic heterocycles. The Kier molecular flexibility index (Phi) is 6.50. The number of piperidine rings is 1. The van der Waals surface area contributed by atoms with Crippen molar-refractivity contribution >= 4 is 5.69 Å². The number of anilines is 1. The van der Waals surface area contributed by atoms with Gasteiger partial charge in [-0.2, -0.15) is 0 Å². The zero-order chi connectivity index (χ0) is 15.1. The molecule has 1 aliphatic rings. The molecule has 3 heteroatoms. The molecule has 1 fully saturated rings. The summed E-state index contributed by atoms with van der Waals surface area (Å²) in [5.41, 5.74) is 2.34. The van der Waals surface area contributed by atoms with Crippen LogP contribution in [0, 0.1) is 5.82 Å². The molecule has 1 saturated heterocycles. The van der Waals surface area contributed by atoms with Gasteiger partial charge in [0, 0.05) is 24.8 Å². The highest BCUT2D eigenvalue weighted by atomic mass is 19.1. The Morgan fingerprint density at radius 2 is 2.10 bits per heavy atom. The van der Waals surface area contributed by atoms with Crippen molar-refractivity contribution in [3.63, 3.8) is 0 Å². The lowest BCUT2D eigenvalue weighted by atomic mass is 9.96. The van der Waals surface area contributed by atoms with Gasteiger partial charge in [-0.25, -0.2) is 4.39 Å². The van der Waals surface area contributed by atoms with Crippen molar-refractivity contribution < 1.29 is 4.39 Å². The molecule has 1 unspecified atom stereocenters. The summed E-state index contributed by atoms with van der Waals surface area (Å²) in [5.74, 6) is -0.129. The third-order valence-electron chi connectivity index (χ3n) is 4.34. The quantitative estimate of drug-likeness (QED) is 0.745. The fourth-order valence-corrected chi connectivity index (χ4v) is 3.33. The van der Waals surface area contributed by atoms with Crippen molar-refractivity contribution in [2.45, 2.75) is 65.0 Å². The Hall–Kier alpha value is -1.09. The highest BCUT2D eigenvalue weighted by Gasteiger charge is 2.23. The van der Waals surface area contributed by atoms with Gasteiger partial charge in [0.1, 0.15) is 5.82 Å². The van der Waals surface area contributed by atoms with Gasteiger partial charge in [-0.15, -0.1) is 0 Å². The van der Waals surface area contributed by atoms with Crippen molar-refractivity contribution in [2.24, 2.45) is 0 Å². The van der Waals surface area contributed by atoms with Crippen LogP contribution in [0.5, 0.6) is 0 Å². The van der Waals surface area contributed by atoms with Gasteiger partial charge >= 0.3 is 0 Å². The van der Waals surface area contributed by atoms with E-state index in [4.69, 9.17) is 0 Å². The summed E-state index contributed by atoms with van der Waals surface area (Å²) in [6, 6.07) is 5.91. The van der Waals surface area contributed by atoms with Crippen LogP contribution in [0.2, 0.25) is 0 Å². The van der Waals surface area contributed by atoms with E-state index in [0.717, 1.165) is 31.6 Å². The van der Waals surface area contributed by atoms with Gasteiger partial charge in [0.15, 0.2) is 0 Å². The molecule has 0 amide bonds. The minimum atomic E-state index is -0.129. The van der Waals surface area contributed by atoms with Gasteiger partial charge in [0.25, 0.3) is 0 Å². The van der Waals surface area contributed by atoms with E-state index in [0.29, 0.717) is 6.04 Å². The minimum absolute atomic E-state index is 0.129. The summed E-state index contributed by atoms with van der Waals surface area (Å²) in [4.78, 5) is 2.52. The molecule has 2 nitrogen and oxygen atoms in total. The summed E-state index contributed by atoms with van der Waals surface area (Å²) >= 11 is 0. The molecule has 1 aromatic rings. The fourth-order valence-electron chi connectivity index (χ4n) is 3.33. The molecule has 21 heavy (non-hydrogen) atoms. The van der Waals surface area contributed by atoms with E-state index in [-0.39, 0.29) is 5.82 Å². The maximum Gasteiger partial charge on any atom is 0.123 e. The van der Waals surface area contributed by atoms with Gasteiger partial charge in [-0.05, 0) is 62.4 Å². The Labute approximate surface area is 128 Å². The van der Waals surface area contributed by atoms with Gasteiger partial charge in [-0.3, -0.25) is 0 Å². The van der Waals surface area contributed by atoms with Crippen LogP contribution in [0.1, 0.15) is 57.9 Å². The summed E-state index contributed by atoms with van der Waals surface area (Å²) in [5, 5.41) is 3.41. The summed E-state index contributed by atoms with van der Waals surface area (Å²) in [6.45, 7) is 7.25. The topological polar surface area (TPSA) is 15.3 Å². The zero-order valence-electron chi connectivity index (χ0n) is 13.5. The Morgan fingerprint density at radius 1 is 1.24 bits per heavy atom. The lowest BCUT2D eigenvalue weighted by Crippen LogP contribution is -2.40. The lowest BCUT2D eigenvalue weighted by molar-refractivity contribution is 0.433. The normalized spacial score (nSPS) is 19.0. The van der Waals surface area contributed by atoms with E-state index in [9.17, 15) is 4.39 Å². The average molecular weight is 292 g/mol. The predicted octanol–water partition coefficient (Wildman–Crippen LogP) is 4.48.